The zero-order chi connectivity index (χ0) is 14.5. The van der Waals surface area contributed by atoms with E-state index in [-0.39, 0.29) is 11.5 Å². The lowest BCUT2D eigenvalue weighted by atomic mass is 10.1. The van der Waals surface area contributed by atoms with Gasteiger partial charge in [-0.1, -0.05) is 19.0 Å². The molecule has 0 saturated carbocycles. The Labute approximate surface area is 116 Å². The summed E-state index contributed by atoms with van der Waals surface area (Å²) in [7, 11) is 0. The molecular weight excluding hydrogens is 260 g/mol. The molecule has 0 saturated heterocycles. The summed E-state index contributed by atoms with van der Waals surface area (Å²) in [6.07, 6.45) is 1.89. The molecule has 2 heterocycles. The van der Waals surface area contributed by atoms with Crippen molar-refractivity contribution < 1.29 is 14.4 Å². The van der Waals surface area contributed by atoms with Crippen molar-refractivity contribution in [1.29, 1.82) is 0 Å². The van der Waals surface area contributed by atoms with E-state index in [9.17, 15) is 4.79 Å². The van der Waals surface area contributed by atoms with E-state index in [2.05, 4.69) is 20.4 Å². The van der Waals surface area contributed by atoms with Gasteiger partial charge in [0.05, 0.1) is 5.56 Å². The predicted octanol–water partition coefficient (Wildman–Crippen LogP) is 1.94. The molecule has 7 heteroatoms. The number of hydrogen-bond donors (Lipinski definition) is 2. The Morgan fingerprint density at radius 1 is 1.45 bits per heavy atom. The molecule has 2 aromatic rings. The van der Waals surface area contributed by atoms with Gasteiger partial charge in [0.1, 0.15) is 5.82 Å². The van der Waals surface area contributed by atoms with Crippen molar-refractivity contribution in [3.63, 3.8) is 0 Å². The van der Waals surface area contributed by atoms with E-state index in [0.29, 0.717) is 24.7 Å². The Morgan fingerprint density at radius 2 is 2.25 bits per heavy atom. The topological polar surface area (TPSA) is 101 Å². The maximum atomic E-state index is 11.1. The molecule has 106 valence electrons. The molecule has 0 aliphatic heterocycles. The lowest BCUT2D eigenvalue weighted by Gasteiger charge is -2.10. The third-order valence-electron chi connectivity index (χ3n) is 2.74. The fourth-order valence-corrected chi connectivity index (χ4v) is 1.67. The number of rotatable bonds is 6. The fourth-order valence-electron chi connectivity index (χ4n) is 1.67. The number of carbonyl (C=O) groups is 1. The van der Waals surface area contributed by atoms with E-state index in [1.54, 1.807) is 6.07 Å². The largest absolute Gasteiger partial charge is 0.478 e. The molecule has 2 rings (SSSR count). The van der Waals surface area contributed by atoms with E-state index >= 15 is 0 Å². The average Bonchev–Trinajstić information content (AvgIpc) is 2.91. The van der Waals surface area contributed by atoms with Gasteiger partial charge in [-0.25, -0.2) is 9.78 Å². The van der Waals surface area contributed by atoms with Gasteiger partial charge < -0.3 is 14.9 Å². The number of anilines is 1. The molecule has 0 aromatic carbocycles. The molecule has 2 N–H and O–H groups in total. The van der Waals surface area contributed by atoms with Crippen LogP contribution in [0.4, 0.5) is 5.82 Å². The Morgan fingerprint density at radius 3 is 2.85 bits per heavy atom. The number of nitrogens with one attached hydrogen (secondary N) is 1. The van der Waals surface area contributed by atoms with Gasteiger partial charge in [0, 0.05) is 18.7 Å². The van der Waals surface area contributed by atoms with Gasteiger partial charge in [-0.2, -0.15) is 4.98 Å². The summed E-state index contributed by atoms with van der Waals surface area (Å²) in [5, 5.41) is 15.7. The Bertz CT molecular complexity index is 581. The molecule has 20 heavy (non-hydrogen) atoms. The molecule has 0 atom stereocenters. The van der Waals surface area contributed by atoms with Crippen LogP contribution in [0.3, 0.4) is 0 Å². The molecule has 0 spiro atoms. The first-order valence-corrected chi connectivity index (χ1v) is 6.31. The maximum Gasteiger partial charge on any atom is 0.335 e. The van der Waals surface area contributed by atoms with Gasteiger partial charge in [0.25, 0.3) is 0 Å². The van der Waals surface area contributed by atoms with Crippen molar-refractivity contribution in [1.82, 2.24) is 15.1 Å². The molecule has 7 nitrogen and oxygen atoms in total. The second kappa shape index (κ2) is 6.14. The number of carboxylic acid groups (broad SMARTS) is 1. The van der Waals surface area contributed by atoms with Crippen LogP contribution in [0.5, 0.6) is 0 Å². The van der Waals surface area contributed by atoms with Crippen LogP contribution in [0.25, 0.3) is 0 Å². The molecule has 0 fully saturated rings. The number of hydrogen-bond acceptors (Lipinski definition) is 6. The number of aromatic nitrogens is 3. The summed E-state index contributed by atoms with van der Waals surface area (Å²) in [6.45, 7) is 4.47. The smallest absolute Gasteiger partial charge is 0.335 e. The lowest BCUT2D eigenvalue weighted by molar-refractivity contribution is 0.0696. The highest BCUT2D eigenvalue weighted by molar-refractivity contribution is 5.88. The van der Waals surface area contributed by atoms with E-state index in [0.717, 1.165) is 5.69 Å². The zero-order valence-corrected chi connectivity index (χ0v) is 11.3. The van der Waals surface area contributed by atoms with Crippen molar-refractivity contribution in [2.24, 2.45) is 0 Å². The SMILES string of the molecule is CC(C)c1cc(C(=O)O)cc(NCCc2ncno2)n1. The van der Waals surface area contributed by atoms with Gasteiger partial charge >= 0.3 is 5.97 Å². The third-order valence-corrected chi connectivity index (χ3v) is 2.74. The maximum absolute atomic E-state index is 11.1. The highest BCUT2D eigenvalue weighted by atomic mass is 16.5. The van der Waals surface area contributed by atoms with Crippen LogP contribution >= 0.6 is 0 Å². The molecule has 0 amide bonds. The lowest BCUT2D eigenvalue weighted by Crippen LogP contribution is -2.10. The fraction of sp³-hybridized carbons (Fsp3) is 0.385. The summed E-state index contributed by atoms with van der Waals surface area (Å²) < 4.78 is 4.88. The van der Waals surface area contributed by atoms with Gasteiger partial charge in [0.2, 0.25) is 5.89 Å². The highest BCUT2D eigenvalue weighted by Gasteiger charge is 2.10. The van der Waals surface area contributed by atoms with Crippen molar-refractivity contribution in [2.75, 3.05) is 11.9 Å². The molecule has 0 aliphatic rings. The summed E-state index contributed by atoms with van der Waals surface area (Å²) in [4.78, 5) is 19.4. The quantitative estimate of drug-likeness (QED) is 0.831. The van der Waals surface area contributed by atoms with Gasteiger partial charge in [-0.3, -0.25) is 0 Å². The summed E-state index contributed by atoms with van der Waals surface area (Å²) in [6, 6.07) is 3.11. The van der Waals surface area contributed by atoms with E-state index in [1.807, 2.05) is 13.8 Å². The van der Waals surface area contributed by atoms with Crippen molar-refractivity contribution in [2.45, 2.75) is 26.2 Å². The van der Waals surface area contributed by atoms with Crippen LogP contribution < -0.4 is 5.32 Å². The molecule has 0 unspecified atom stereocenters. The monoisotopic (exact) mass is 276 g/mol. The standard InChI is InChI=1S/C13H16N4O3/c1-8(2)10-5-9(13(18)19)6-11(17-10)14-4-3-12-15-7-16-20-12/h5-8H,3-4H2,1-2H3,(H,14,17)(H,18,19). The van der Waals surface area contributed by atoms with Gasteiger partial charge in [-0.15, -0.1) is 0 Å². The molecule has 0 aliphatic carbocycles. The normalized spacial score (nSPS) is 10.8. The Balaban J connectivity index is 2.07. The number of nitrogens with zero attached hydrogens (tertiary/aromatic N) is 3. The van der Waals surface area contributed by atoms with Crippen LogP contribution in [0, 0.1) is 0 Å². The number of aromatic carboxylic acids is 1. The van der Waals surface area contributed by atoms with Crippen LogP contribution in [-0.4, -0.2) is 32.7 Å². The summed E-state index contributed by atoms with van der Waals surface area (Å²) in [5.74, 6) is 0.254. The first-order valence-electron chi connectivity index (χ1n) is 6.31. The minimum Gasteiger partial charge on any atom is -0.478 e. The molecule has 0 bridgehead atoms. The van der Waals surface area contributed by atoms with Crippen LogP contribution in [0.15, 0.2) is 23.0 Å². The first kappa shape index (κ1) is 14.0. The summed E-state index contributed by atoms with van der Waals surface area (Å²) >= 11 is 0. The Kier molecular flexibility index (Phi) is 4.29. The molecular formula is C13H16N4O3. The van der Waals surface area contributed by atoms with E-state index in [4.69, 9.17) is 9.63 Å². The summed E-state index contributed by atoms with van der Waals surface area (Å²) in [5.41, 5.74) is 0.967. The van der Waals surface area contributed by atoms with Gasteiger partial charge in [-0.05, 0) is 18.1 Å². The number of carboxylic acids is 1. The molecule has 2 aromatic heterocycles. The third kappa shape index (κ3) is 3.53. The van der Waals surface area contributed by atoms with Crippen molar-refractivity contribution >= 4 is 11.8 Å². The second-order valence-corrected chi connectivity index (χ2v) is 4.64. The first-order chi connectivity index (χ1) is 9.56. The number of pyridine rings is 1. The van der Waals surface area contributed by atoms with Crippen molar-refractivity contribution in [3.05, 3.63) is 35.6 Å². The molecule has 0 radical (unpaired) electrons. The zero-order valence-electron chi connectivity index (χ0n) is 11.3. The van der Waals surface area contributed by atoms with Gasteiger partial charge in [0.15, 0.2) is 6.33 Å². The van der Waals surface area contributed by atoms with Crippen LogP contribution in [-0.2, 0) is 6.42 Å². The van der Waals surface area contributed by atoms with Crippen LogP contribution in [0.1, 0.15) is 41.7 Å². The van der Waals surface area contributed by atoms with E-state index in [1.165, 1.54) is 12.4 Å². The highest BCUT2D eigenvalue weighted by Crippen LogP contribution is 2.17. The van der Waals surface area contributed by atoms with E-state index < -0.39 is 5.97 Å². The van der Waals surface area contributed by atoms with Crippen LogP contribution in [0.2, 0.25) is 0 Å². The predicted molar refractivity (Wildman–Crippen MR) is 71.8 cm³/mol. The minimum atomic E-state index is -0.964. The van der Waals surface area contributed by atoms with Crippen molar-refractivity contribution in [3.8, 4) is 0 Å². The Hall–Kier alpha value is -2.44. The second-order valence-electron chi connectivity index (χ2n) is 4.64. The minimum absolute atomic E-state index is 0.158. The average molecular weight is 276 g/mol.